The summed E-state index contributed by atoms with van der Waals surface area (Å²) in [4.78, 5) is 11.4. The zero-order valence-electron chi connectivity index (χ0n) is 8.19. The van der Waals surface area contributed by atoms with Crippen LogP contribution in [0.15, 0.2) is 12.2 Å². The maximum absolute atomic E-state index is 11.4. The molecule has 2 aliphatic carbocycles. The van der Waals surface area contributed by atoms with Crippen molar-refractivity contribution >= 4 is 5.78 Å². The SMILES string of the molecule is CCOC1C2C=CC(C2)C1C(C)=O. The van der Waals surface area contributed by atoms with E-state index in [1.807, 2.05) is 6.92 Å². The number of hydrogen-bond donors (Lipinski definition) is 0. The second kappa shape index (κ2) is 3.26. The smallest absolute Gasteiger partial charge is 0.136 e. The first-order chi connectivity index (χ1) is 6.24. The molecule has 0 N–H and O–H groups in total. The summed E-state index contributed by atoms with van der Waals surface area (Å²) < 4.78 is 5.64. The minimum Gasteiger partial charge on any atom is -0.377 e. The van der Waals surface area contributed by atoms with Crippen LogP contribution in [0.5, 0.6) is 0 Å². The van der Waals surface area contributed by atoms with Crippen molar-refractivity contribution in [2.24, 2.45) is 17.8 Å². The molecule has 0 spiro atoms. The topological polar surface area (TPSA) is 26.3 Å². The number of ether oxygens (including phenoxy) is 1. The van der Waals surface area contributed by atoms with Crippen molar-refractivity contribution in [2.75, 3.05) is 6.61 Å². The standard InChI is InChI=1S/C11H16O2/c1-3-13-11-9-5-4-8(6-9)10(11)7(2)12/h4-5,8-11H,3,6H2,1-2H3. The van der Waals surface area contributed by atoms with Crippen LogP contribution in [0, 0.1) is 17.8 Å². The highest BCUT2D eigenvalue weighted by Gasteiger charge is 2.47. The van der Waals surface area contributed by atoms with Gasteiger partial charge in [-0.1, -0.05) is 12.2 Å². The van der Waals surface area contributed by atoms with E-state index in [0.717, 1.165) is 6.42 Å². The van der Waals surface area contributed by atoms with E-state index in [2.05, 4.69) is 12.2 Å². The van der Waals surface area contributed by atoms with Crippen LogP contribution >= 0.6 is 0 Å². The highest BCUT2D eigenvalue weighted by molar-refractivity contribution is 5.80. The number of ketones is 1. The second-order valence-corrected chi connectivity index (χ2v) is 4.00. The van der Waals surface area contributed by atoms with E-state index < -0.39 is 0 Å². The number of hydrogen-bond acceptors (Lipinski definition) is 2. The molecule has 1 saturated carbocycles. The van der Waals surface area contributed by atoms with Gasteiger partial charge in [0.05, 0.1) is 12.0 Å². The highest BCUT2D eigenvalue weighted by atomic mass is 16.5. The van der Waals surface area contributed by atoms with Crippen LogP contribution in [0.2, 0.25) is 0 Å². The first-order valence-corrected chi connectivity index (χ1v) is 5.04. The lowest BCUT2D eigenvalue weighted by Crippen LogP contribution is -2.32. The number of rotatable bonds is 3. The van der Waals surface area contributed by atoms with Crippen LogP contribution in [0.25, 0.3) is 0 Å². The van der Waals surface area contributed by atoms with Crippen LogP contribution in [0.1, 0.15) is 20.3 Å². The zero-order valence-corrected chi connectivity index (χ0v) is 8.19. The Balaban J connectivity index is 2.15. The normalized spacial score (nSPS) is 41.4. The Bertz CT molecular complexity index is 244. The van der Waals surface area contributed by atoms with Gasteiger partial charge in [-0.2, -0.15) is 0 Å². The van der Waals surface area contributed by atoms with Crippen LogP contribution in [0.4, 0.5) is 0 Å². The van der Waals surface area contributed by atoms with E-state index in [1.54, 1.807) is 6.92 Å². The van der Waals surface area contributed by atoms with Crippen molar-refractivity contribution in [3.8, 4) is 0 Å². The number of fused-ring (bicyclic) bond motifs is 2. The molecule has 0 radical (unpaired) electrons. The van der Waals surface area contributed by atoms with Crippen molar-refractivity contribution in [3.05, 3.63) is 12.2 Å². The summed E-state index contributed by atoms with van der Waals surface area (Å²) in [6, 6.07) is 0. The Kier molecular flexibility index (Phi) is 2.24. The van der Waals surface area contributed by atoms with Gasteiger partial charge in [-0.25, -0.2) is 0 Å². The Labute approximate surface area is 79.0 Å². The van der Waals surface area contributed by atoms with Crippen LogP contribution in [0.3, 0.4) is 0 Å². The average molecular weight is 180 g/mol. The van der Waals surface area contributed by atoms with Gasteiger partial charge >= 0.3 is 0 Å². The third-order valence-electron chi connectivity index (χ3n) is 3.22. The van der Waals surface area contributed by atoms with Gasteiger partial charge in [0.15, 0.2) is 0 Å². The van der Waals surface area contributed by atoms with Gasteiger partial charge in [-0.3, -0.25) is 4.79 Å². The fraction of sp³-hybridized carbons (Fsp3) is 0.727. The summed E-state index contributed by atoms with van der Waals surface area (Å²) in [5, 5.41) is 0. The van der Waals surface area contributed by atoms with E-state index in [9.17, 15) is 4.79 Å². The van der Waals surface area contributed by atoms with Gasteiger partial charge in [-0.05, 0) is 26.2 Å². The van der Waals surface area contributed by atoms with Gasteiger partial charge in [-0.15, -0.1) is 0 Å². The summed E-state index contributed by atoms with van der Waals surface area (Å²) in [7, 11) is 0. The molecule has 72 valence electrons. The molecule has 0 aliphatic heterocycles. The van der Waals surface area contributed by atoms with E-state index >= 15 is 0 Å². The van der Waals surface area contributed by atoms with Crippen molar-refractivity contribution in [1.82, 2.24) is 0 Å². The lowest BCUT2D eigenvalue weighted by Gasteiger charge is -2.25. The molecule has 0 aromatic rings. The molecule has 2 nitrogen and oxygen atoms in total. The molecule has 1 fully saturated rings. The van der Waals surface area contributed by atoms with Crippen molar-refractivity contribution < 1.29 is 9.53 Å². The third-order valence-corrected chi connectivity index (χ3v) is 3.22. The Morgan fingerprint density at radius 3 is 2.77 bits per heavy atom. The van der Waals surface area contributed by atoms with Gasteiger partial charge in [0.2, 0.25) is 0 Å². The molecule has 0 heterocycles. The van der Waals surface area contributed by atoms with Gasteiger partial charge in [0.25, 0.3) is 0 Å². The van der Waals surface area contributed by atoms with Crippen LogP contribution in [-0.4, -0.2) is 18.5 Å². The Hall–Kier alpha value is -0.630. The van der Waals surface area contributed by atoms with Crippen molar-refractivity contribution in [1.29, 1.82) is 0 Å². The fourth-order valence-electron chi connectivity index (χ4n) is 2.73. The highest BCUT2D eigenvalue weighted by Crippen LogP contribution is 2.45. The minimum absolute atomic E-state index is 0.134. The monoisotopic (exact) mass is 180 g/mol. The molecule has 2 heteroatoms. The van der Waals surface area contributed by atoms with Crippen LogP contribution < -0.4 is 0 Å². The van der Waals surface area contributed by atoms with E-state index in [1.165, 1.54) is 0 Å². The van der Waals surface area contributed by atoms with Gasteiger partial charge in [0.1, 0.15) is 5.78 Å². The molecule has 0 saturated heterocycles. The van der Waals surface area contributed by atoms with Gasteiger partial charge in [0, 0.05) is 12.5 Å². The van der Waals surface area contributed by atoms with E-state index in [-0.39, 0.29) is 17.8 Å². The maximum Gasteiger partial charge on any atom is 0.136 e. The molecule has 0 amide bonds. The fourth-order valence-corrected chi connectivity index (χ4v) is 2.73. The number of Topliss-reactive ketones (excluding diaryl/α,β-unsaturated/α-hetero) is 1. The molecule has 0 aromatic carbocycles. The lowest BCUT2D eigenvalue weighted by atomic mass is 9.88. The first-order valence-electron chi connectivity index (χ1n) is 5.04. The van der Waals surface area contributed by atoms with E-state index in [0.29, 0.717) is 18.4 Å². The predicted molar refractivity (Wildman–Crippen MR) is 50.3 cm³/mol. The minimum atomic E-state index is 0.134. The summed E-state index contributed by atoms with van der Waals surface area (Å²) in [6.07, 6.45) is 5.68. The summed E-state index contributed by atoms with van der Waals surface area (Å²) in [6.45, 7) is 4.39. The number of carbonyl (C=O) groups is 1. The van der Waals surface area contributed by atoms with Gasteiger partial charge < -0.3 is 4.74 Å². The third kappa shape index (κ3) is 1.33. The van der Waals surface area contributed by atoms with Crippen LogP contribution in [-0.2, 0) is 9.53 Å². The predicted octanol–water partition coefficient (Wildman–Crippen LogP) is 1.80. The molecular weight excluding hydrogens is 164 g/mol. The Morgan fingerprint density at radius 2 is 2.15 bits per heavy atom. The summed E-state index contributed by atoms with van der Waals surface area (Å²) in [5.41, 5.74) is 0. The molecule has 13 heavy (non-hydrogen) atoms. The molecule has 4 atom stereocenters. The average Bonchev–Trinajstić information content (AvgIpc) is 2.63. The summed E-state index contributed by atoms with van der Waals surface area (Å²) in [5.74, 6) is 1.38. The zero-order chi connectivity index (χ0) is 9.42. The largest absolute Gasteiger partial charge is 0.377 e. The molecular formula is C11H16O2. The number of carbonyl (C=O) groups excluding carboxylic acids is 1. The molecule has 2 rings (SSSR count). The summed E-state index contributed by atoms with van der Waals surface area (Å²) >= 11 is 0. The molecule has 4 unspecified atom stereocenters. The van der Waals surface area contributed by atoms with Crippen molar-refractivity contribution in [3.63, 3.8) is 0 Å². The molecule has 2 bridgehead atoms. The molecule has 2 aliphatic rings. The lowest BCUT2D eigenvalue weighted by molar-refractivity contribution is -0.126. The molecule has 0 aromatic heterocycles. The first kappa shape index (κ1) is 8.95. The quantitative estimate of drug-likeness (QED) is 0.619. The van der Waals surface area contributed by atoms with E-state index in [4.69, 9.17) is 4.74 Å². The Morgan fingerprint density at radius 1 is 1.46 bits per heavy atom. The van der Waals surface area contributed by atoms with Crippen molar-refractivity contribution in [2.45, 2.75) is 26.4 Å². The maximum atomic E-state index is 11.4. The second-order valence-electron chi connectivity index (χ2n) is 4.00. The number of allylic oxidation sites excluding steroid dienone is 1.